The van der Waals surface area contributed by atoms with E-state index in [0.29, 0.717) is 0 Å². The van der Waals surface area contributed by atoms with Crippen molar-refractivity contribution < 1.29 is 24.2 Å². The minimum absolute atomic E-state index is 0.189. The van der Waals surface area contributed by atoms with Gasteiger partial charge in [0.2, 0.25) is 0 Å². The van der Waals surface area contributed by atoms with E-state index >= 15 is 0 Å². The largest absolute Gasteiger partial charge is 0.479 e. The highest BCUT2D eigenvalue weighted by molar-refractivity contribution is 5.99. The maximum absolute atomic E-state index is 12.3. The summed E-state index contributed by atoms with van der Waals surface area (Å²) in [6.07, 6.45) is -0.953. The molecule has 0 aromatic carbocycles. The standard InChI is InChI=1S/C14H23NO5/c1-12(2,3)14(10(17)18)7-9(16)8-15(14)11(19)20-13(4,5)6/h7-8H2,1-6H3,(H,17,18)/t14-/m0/s1. The Morgan fingerprint density at radius 3 is 2.05 bits per heavy atom. The molecule has 0 aromatic heterocycles. The lowest BCUT2D eigenvalue weighted by atomic mass is 9.71. The fraction of sp³-hybridized carbons (Fsp3) is 0.786. The lowest BCUT2D eigenvalue weighted by molar-refractivity contribution is -0.157. The van der Waals surface area contributed by atoms with Crippen molar-refractivity contribution in [2.75, 3.05) is 6.54 Å². The van der Waals surface area contributed by atoms with Crippen LogP contribution in [0.25, 0.3) is 0 Å². The molecule has 6 nitrogen and oxygen atoms in total. The average Bonchev–Trinajstić information content (AvgIpc) is 2.53. The van der Waals surface area contributed by atoms with Gasteiger partial charge in [-0.25, -0.2) is 9.59 Å². The van der Waals surface area contributed by atoms with Crippen LogP contribution in [0.5, 0.6) is 0 Å². The van der Waals surface area contributed by atoms with Gasteiger partial charge in [0.25, 0.3) is 0 Å². The first-order chi connectivity index (χ1) is 8.81. The third-order valence-electron chi connectivity index (χ3n) is 3.46. The van der Waals surface area contributed by atoms with Gasteiger partial charge in [-0.15, -0.1) is 0 Å². The molecule has 1 aliphatic heterocycles. The number of carboxylic acids is 1. The van der Waals surface area contributed by atoms with Gasteiger partial charge in [0, 0.05) is 6.42 Å². The number of aliphatic carboxylic acids is 1. The second-order valence-electron chi connectivity index (χ2n) is 7.20. The first-order valence-electron chi connectivity index (χ1n) is 6.57. The highest BCUT2D eigenvalue weighted by Gasteiger charge is 2.61. The molecule has 6 heteroatoms. The highest BCUT2D eigenvalue weighted by Crippen LogP contribution is 2.43. The molecule has 1 saturated heterocycles. The van der Waals surface area contributed by atoms with Crippen LogP contribution in [-0.2, 0) is 14.3 Å². The zero-order valence-corrected chi connectivity index (χ0v) is 12.9. The minimum atomic E-state index is -1.56. The molecule has 1 heterocycles. The summed E-state index contributed by atoms with van der Waals surface area (Å²) in [5.74, 6) is -1.45. The predicted molar refractivity (Wildman–Crippen MR) is 72.4 cm³/mol. The lowest BCUT2D eigenvalue weighted by Gasteiger charge is -2.43. The number of rotatable bonds is 1. The quantitative estimate of drug-likeness (QED) is 0.797. The molecular formula is C14H23NO5. The summed E-state index contributed by atoms with van der Waals surface area (Å²) < 4.78 is 5.24. The Hall–Kier alpha value is -1.59. The monoisotopic (exact) mass is 285 g/mol. The molecule has 0 bridgehead atoms. The number of nitrogens with zero attached hydrogens (tertiary/aromatic N) is 1. The summed E-state index contributed by atoms with van der Waals surface area (Å²) in [6, 6.07) is 0. The van der Waals surface area contributed by atoms with Crippen molar-refractivity contribution in [2.45, 2.75) is 59.1 Å². The van der Waals surface area contributed by atoms with Crippen LogP contribution < -0.4 is 0 Å². The van der Waals surface area contributed by atoms with E-state index in [1.807, 2.05) is 0 Å². The summed E-state index contributed by atoms with van der Waals surface area (Å²) in [5.41, 5.74) is -3.10. The van der Waals surface area contributed by atoms with Crippen LogP contribution in [0, 0.1) is 5.41 Å². The van der Waals surface area contributed by atoms with Crippen LogP contribution >= 0.6 is 0 Å². The number of likely N-dealkylation sites (tertiary alicyclic amines) is 1. The van der Waals surface area contributed by atoms with Crippen LogP contribution in [0.1, 0.15) is 48.0 Å². The molecule has 1 amide bonds. The molecule has 114 valence electrons. The molecule has 0 aromatic rings. The Labute approximate surface area is 119 Å². The van der Waals surface area contributed by atoms with Crippen molar-refractivity contribution in [3.63, 3.8) is 0 Å². The van der Waals surface area contributed by atoms with Gasteiger partial charge in [-0.05, 0) is 26.2 Å². The minimum Gasteiger partial charge on any atom is -0.479 e. The molecule has 0 aliphatic carbocycles. The zero-order valence-electron chi connectivity index (χ0n) is 12.9. The second-order valence-corrected chi connectivity index (χ2v) is 7.20. The van der Waals surface area contributed by atoms with Gasteiger partial charge in [0.05, 0.1) is 6.54 Å². The van der Waals surface area contributed by atoms with Gasteiger partial charge < -0.3 is 9.84 Å². The van der Waals surface area contributed by atoms with Crippen LogP contribution in [0.15, 0.2) is 0 Å². The van der Waals surface area contributed by atoms with E-state index in [-0.39, 0.29) is 18.7 Å². The third-order valence-corrected chi connectivity index (χ3v) is 3.46. The number of carbonyl (C=O) groups is 3. The van der Waals surface area contributed by atoms with E-state index in [1.54, 1.807) is 41.5 Å². The maximum atomic E-state index is 12.3. The summed E-state index contributed by atoms with van der Waals surface area (Å²) in [5, 5.41) is 9.63. The Balaban J connectivity index is 3.25. The van der Waals surface area contributed by atoms with Crippen LogP contribution in [0.4, 0.5) is 4.79 Å². The normalized spacial score (nSPS) is 23.9. The smallest absolute Gasteiger partial charge is 0.411 e. The first-order valence-corrected chi connectivity index (χ1v) is 6.57. The zero-order chi connectivity index (χ0) is 15.9. The van der Waals surface area contributed by atoms with Crippen molar-refractivity contribution >= 4 is 17.8 Å². The van der Waals surface area contributed by atoms with E-state index in [9.17, 15) is 19.5 Å². The highest BCUT2D eigenvalue weighted by atomic mass is 16.6. The number of hydrogen-bond acceptors (Lipinski definition) is 4. The van der Waals surface area contributed by atoms with E-state index in [4.69, 9.17) is 4.74 Å². The molecule has 0 unspecified atom stereocenters. The first kappa shape index (κ1) is 16.5. The number of amides is 1. The van der Waals surface area contributed by atoms with Crippen molar-refractivity contribution in [1.82, 2.24) is 4.90 Å². The van der Waals surface area contributed by atoms with Crippen molar-refractivity contribution in [3.05, 3.63) is 0 Å². The van der Waals surface area contributed by atoms with Gasteiger partial charge in [-0.3, -0.25) is 9.69 Å². The van der Waals surface area contributed by atoms with Crippen molar-refractivity contribution in [3.8, 4) is 0 Å². The molecular weight excluding hydrogens is 262 g/mol. The molecule has 1 atom stereocenters. The number of ketones is 1. The molecule has 0 radical (unpaired) electrons. The van der Waals surface area contributed by atoms with Crippen LogP contribution in [0.3, 0.4) is 0 Å². The van der Waals surface area contributed by atoms with Gasteiger partial charge in [0.15, 0.2) is 11.3 Å². The van der Waals surface area contributed by atoms with Gasteiger partial charge in [0.1, 0.15) is 5.60 Å². The van der Waals surface area contributed by atoms with Crippen LogP contribution in [-0.4, -0.2) is 45.5 Å². The summed E-state index contributed by atoms with van der Waals surface area (Å²) >= 11 is 0. The van der Waals surface area contributed by atoms with E-state index in [1.165, 1.54) is 0 Å². The summed E-state index contributed by atoms with van der Waals surface area (Å²) in [7, 11) is 0. The Morgan fingerprint density at radius 2 is 1.70 bits per heavy atom. The topological polar surface area (TPSA) is 83.9 Å². The van der Waals surface area contributed by atoms with Crippen molar-refractivity contribution in [2.24, 2.45) is 5.41 Å². The number of carbonyl (C=O) groups excluding carboxylic acids is 2. The molecule has 20 heavy (non-hydrogen) atoms. The molecule has 1 rings (SSSR count). The number of hydrogen-bond donors (Lipinski definition) is 1. The van der Waals surface area contributed by atoms with E-state index in [0.717, 1.165) is 4.90 Å². The SMILES string of the molecule is CC(C)(C)OC(=O)N1CC(=O)C[C@]1(C(=O)O)C(C)(C)C. The number of carboxylic acid groups (broad SMARTS) is 1. The van der Waals surface area contributed by atoms with Crippen molar-refractivity contribution in [1.29, 1.82) is 0 Å². The summed E-state index contributed by atoms with van der Waals surface area (Å²) in [4.78, 5) is 36.9. The van der Waals surface area contributed by atoms with E-state index < -0.39 is 28.6 Å². The Kier molecular flexibility index (Phi) is 3.91. The summed E-state index contributed by atoms with van der Waals surface area (Å²) in [6.45, 7) is 9.98. The molecule has 1 fully saturated rings. The average molecular weight is 285 g/mol. The molecule has 1 N–H and O–H groups in total. The number of ether oxygens (including phenoxy) is 1. The third kappa shape index (κ3) is 2.78. The fourth-order valence-electron chi connectivity index (χ4n) is 2.47. The number of Topliss-reactive ketones (excluding diaryl/α,β-unsaturated/α-hetero) is 1. The second kappa shape index (κ2) is 4.75. The molecule has 1 aliphatic rings. The van der Waals surface area contributed by atoms with E-state index in [2.05, 4.69) is 0 Å². The van der Waals surface area contributed by atoms with Gasteiger partial charge in [-0.2, -0.15) is 0 Å². The molecule has 0 spiro atoms. The lowest BCUT2D eigenvalue weighted by Crippen LogP contribution is -2.61. The maximum Gasteiger partial charge on any atom is 0.411 e. The molecule has 0 saturated carbocycles. The Morgan fingerprint density at radius 1 is 1.20 bits per heavy atom. The van der Waals surface area contributed by atoms with Gasteiger partial charge in [-0.1, -0.05) is 20.8 Å². The fourth-order valence-corrected chi connectivity index (χ4v) is 2.47. The predicted octanol–water partition coefficient (Wildman–Crippen LogP) is 2.07. The van der Waals surface area contributed by atoms with Crippen LogP contribution in [0.2, 0.25) is 0 Å². The van der Waals surface area contributed by atoms with Gasteiger partial charge >= 0.3 is 12.1 Å². The Bertz CT molecular complexity index is 443.